The normalized spacial score (nSPS) is 19.7. The Balaban J connectivity index is 0.000000171. The number of fused-ring (bicyclic) bond motifs is 2. The number of nitrogens with zero attached hydrogens (tertiary/aromatic N) is 5. The topological polar surface area (TPSA) is 94.6 Å². The van der Waals surface area contributed by atoms with Gasteiger partial charge in [-0.05, 0) is 85.3 Å². The van der Waals surface area contributed by atoms with Crippen LogP contribution < -0.4 is 5.46 Å². The molecule has 1 saturated heterocycles. The van der Waals surface area contributed by atoms with Crippen LogP contribution in [0, 0.1) is 5.92 Å². The van der Waals surface area contributed by atoms with Crippen molar-refractivity contribution < 1.29 is 19.2 Å². The van der Waals surface area contributed by atoms with E-state index in [1.165, 1.54) is 4.90 Å². The SMILES string of the molecule is CC(C)n1cc2ccc(B3OC(C)(C)C(C)(C)O3)cc2n1.CC1CC=C(c2ccc3cn(C(C)C)nc3c2)N(C(=O)O)C1. The maximum Gasteiger partial charge on any atom is 0.494 e. The average molecular weight is 586 g/mol. The van der Waals surface area contributed by atoms with Gasteiger partial charge in [0.2, 0.25) is 0 Å². The first-order valence-electron chi connectivity index (χ1n) is 15.2. The van der Waals surface area contributed by atoms with Crippen molar-refractivity contribution >= 4 is 46.2 Å². The van der Waals surface area contributed by atoms with Gasteiger partial charge < -0.3 is 14.4 Å². The van der Waals surface area contributed by atoms with Gasteiger partial charge in [0.15, 0.2) is 0 Å². The van der Waals surface area contributed by atoms with Gasteiger partial charge in [0.1, 0.15) is 0 Å². The highest BCUT2D eigenvalue weighted by atomic mass is 16.7. The van der Waals surface area contributed by atoms with Crippen molar-refractivity contribution in [3.05, 3.63) is 60.4 Å². The van der Waals surface area contributed by atoms with Crippen LogP contribution in [0.4, 0.5) is 4.79 Å². The molecule has 2 aromatic heterocycles. The Kier molecular flexibility index (Phi) is 8.22. The highest BCUT2D eigenvalue weighted by molar-refractivity contribution is 6.62. The first-order valence-corrected chi connectivity index (χ1v) is 15.2. The fraction of sp³-hybridized carbons (Fsp3) is 0.485. The lowest BCUT2D eigenvalue weighted by Gasteiger charge is -2.32. The summed E-state index contributed by atoms with van der Waals surface area (Å²) in [5.74, 6) is 0.351. The zero-order valence-corrected chi connectivity index (χ0v) is 26.8. The molecule has 1 fully saturated rings. The Morgan fingerprint density at radius 3 is 1.98 bits per heavy atom. The first kappa shape index (κ1) is 30.8. The summed E-state index contributed by atoms with van der Waals surface area (Å²) in [6.07, 6.45) is 6.12. The summed E-state index contributed by atoms with van der Waals surface area (Å²) >= 11 is 0. The molecule has 9 nitrogen and oxygen atoms in total. The molecule has 1 amide bonds. The Morgan fingerprint density at radius 1 is 0.907 bits per heavy atom. The number of aromatic nitrogens is 4. The van der Waals surface area contributed by atoms with Crippen molar-refractivity contribution in [1.29, 1.82) is 0 Å². The van der Waals surface area contributed by atoms with E-state index >= 15 is 0 Å². The number of benzene rings is 2. The number of allylic oxidation sites excluding steroid dienone is 1. The molecule has 6 rings (SSSR count). The molecule has 0 aliphatic carbocycles. The van der Waals surface area contributed by atoms with Gasteiger partial charge in [-0.3, -0.25) is 14.3 Å². The molecule has 4 aromatic rings. The highest BCUT2D eigenvalue weighted by Crippen LogP contribution is 2.36. The number of amides is 1. The third-order valence-electron chi connectivity index (χ3n) is 8.68. The summed E-state index contributed by atoms with van der Waals surface area (Å²) < 4.78 is 16.1. The van der Waals surface area contributed by atoms with E-state index < -0.39 is 6.09 Å². The van der Waals surface area contributed by atoms with Crippen molar-refractivity contribution in [3.63, 3.8) is 0 Å². The van der Waals surface area contributed by atoms with Crippen LogP contribution in [-0.4, -0.2) is 60.5 Å². The zero-order chi connectivity index (χ0) is 31.3. The summed E-state index contributed by atoms with van der Waals surface area (Å²) in [5, 5.41) is 20.9. The molecule has 1 atom stereocenters. The van der Waals surface area contributed by atoms with Crippen LogP contribution in [0.1, 0.15) is 86.4 Å². The number of hydrogen-bond donors (Lipinski definition) is 1. The van der Waals surface area contributed by atoms with Gasteiger partial charge in [0, 0.05) is 47.4 Å². The maximum atomic E-state index is 11.5. The molecule has 0 spiro atoms. The lowest BCUT2D eigenvalue weighted by Crippen LogP contribution is -2.41. The third-order valence-corrected chi connectivity index (χ3v) is 8.68. The minimum Gasteiger partial charge on any atom is -0.465 e. The smallest absolute Gasteiger partial charge is 0.465 e. The average Bonchev–Trinajstić information content (AvgIpc) is 3.61. The van der Waals surface area contributed by atoms with Gasteiger partial charge in [-0.2, -0.15) is 10.2 Å². The largest absolute Gasteiger partial charge is 0.494 e. The van der Waals surface area contributed by atoms with Crippen molar-refractivity contribution in [3.8, 4) is 0 Å². The van der Waals surface area contributed by atoms with Crippen LogP contribution in [0.5, 0.6) is 0 Å². The van der Waals surface area contributed by atoms with Gasteiger partial charge in [-0.15, -0.1) is 0 Å². The summed E-state index contributed by atoms with van der Waals surface area (Å²) in [6, 6.07) is 12.8. The highest BCUT2D eigenvalue weighted by Gasteiger charge is 2.51. The fourth-order valence-electron chi connectivity index (χ4n) is 5.26. The molecule has 4 heterocycles. The minimum absolute atomic E-state index is 0.307. The summed E-state index contributed by atoms with van der Waals surface area (Å²) in [6.45, 7) is 19.3. The second-order valence-corrected chi connectivity index (χ2v) is 13.4. The number of carboxylic acid groups (broad SMARTS) is 1. The van der Waals surface area contributed by atoms with E-state index in [9.17, 15) is 9.90 Å². The first-order chi connectivity index (χ1) is 20.1. The van der Waals surface area contributed by atoms with E-state index in [0.29, 0.717) is 24.5 Å². The van der Waals surface area contributed by atoms with Crippen LogP contribution in [0.2, 0.25) is 0 Å². The lowest BCUT2D eigenvalue weighted by molar-refractivity contribution is 0.00578. The monoisotopic (exact) mass is 585 g/mol. The quantitative estimate of drug-likeness (QED) is 0.262. The maximum absolute atomic E-state index is 11.5. The molecular weight excluding hydrogens is 541 g/mol. The summed E-state index contributed by atoms with van der Waals surface area (Å²) in [7, 11) is -0.330. The van der Waals surface area contributed by atoms with Crippen LogP contribution >= 0.6 is 0 Å². The van der Waals surface area contributed by atoms with Crippen molar-refractivity contribution in [2.45, 2.75) is 92.0 Å². The Morgan fingerprint density at radius 2 is 1.44 bits per heavy atom. The predicted octanol–water partition coefficient (Wildman–Crippen LogP) is 6.89. The van der Waals surface area contributed by atoms with Crippen molar-refractivity contribution in [1.82, 2.24) is 24.5 Å². The predicted molar refractivity (Wildman–Crippen MR) is 172 cm³/mol. The van der Waals surface area contributed by atoms with E-state index in [1.807, 2.05) is 39.8 Å². The van der Waals surface area contributed by atoms with Crippen molar-refractivity contribution in [2.24, 2.45) is 5.92 Å². The molecule has 2 aromatic carbocycles. The van der Waals surface area contributed by atoms with Gasteiger partial charge >= 0.3 is 13.2 Å². The molecule has 10 heteroatoms. The molecule has 0 saturated carbocycles. The van der Waals surface area contributed by atoms with Crippen LogP contribution in [0.15, 0.2) is 54.9 Å². The number of hydrogen-bond acceptors (Lipinski definition) is 5. The second kappa shape index (κ2) is 11.5. The molecule has 2 aliphatic rings. The van der Waals surface area contributed by atoms with Crippen molar-refractivity contribution in [2.75, 3.05) is 6.54 Å². The molecule has 0 bridgehead atoms. The van der Waals surface area contributed by atoms with Crippen LogP contribution in [-0.2, 0) is 9.31 Å². The van der Waals surface area contributed by atoms with E-state index in [4.69, 9.17) is 9.31 Å². The van der Waals surface area contributed by atoms with Gasteiger partial charge in [0.25, 0.3) is 0 Å². The molecule has 228 valence electrons. The standard InChI is InChI=1S/C17H21N3O2.C16H23BN2O2/c1-11(2)20-10-14-6-5-13(8-15(14)18-20)16-7-4-12(3)9-19(16)17(21)22;1-11(2)19-10-12-7-8-13(9-14(12)18-19)17-20-15(3,4)16(5,6)21-17/h5-8,10-12H,4,9H2,1-3H3,(H,21,22);7-11H,1-6H3. The molecule has 2 aliphatic heterocycles. The molecular formula is C33H44BN5O4. The van der Waals surface area contributed by atoms with Gasteiger partial charge in [-0.1, -0.05) is 37.3 Å². The molecule has 43 heavy (non-hydrogen) atoms. The van der Waals surface area contributed by atoms with Gasteiger partial charge in [-0.25, -0.2) is 4.79 Å². The third kappa shape index (κ3) is 6.22. The van der Waals surface area contributed by atoms with Gasteiger partial charge in [0.05, 0.1) is 27.9 Å². The second-order valence-electron chi connectivity index (χ2n) is 13.4. The van der Waals surface area contributed by atoms with E-state index in [2.05, 4.69) is 96.9 Å². The Labute approximate surface area is 254 Å². The number of carbonyl (C=O) groups is 1. The minimum atomic E-state index is -0.898. The van der Waals surface area contributed by atoms with Crippen LogP contribution in [0.3, 0.4) is 0 Å². The summed E-state index contributed by atoms with van der Waals surface area (Å²) in [4.78, 5) is 12.9. The molecule has 1 unspecified atom stereocenters. The van der Waals surface area contributed by atoms with Crippen LogP contribution in [0.25, 0.3) is 27.5 Å². The van der Waals surface area contributed by atoms with E-state index in [0.717, 1.165) is 44.9 Å². The summed E-state index contributed by atoms with van der Waals surface area (Å²) in [5.41, 5.74) is 3.96. The fourth-order valence-corrected chi connectivity index (χ4v) is 5.26. The Bertz CT molecular complexity index is 1650. The number of rotatable bonds is 4. The molecule has 1 N–H and O–H groups in total. The molecule has 0 radical (unpaired) electrons. The lowest BCUT2D eigenvalue weighted by atomic mass is 9.79. The Hall–Kier alpha value is -3.63. The van der Waals surface area contributed by atoms with E-state index in [-0.39, 0.29) is 18.3 Å². The zero-order valence-electron chi connectivity index (χ0n) is 26.8. The van der Waals surface area contributed by atoms with E-state index in [1.54, 1.807) is 0 Å².